The summed E-state index contributed by atoms with van der Waals surface area (Å²) < 4.78 is 12.4. The lowest BCUT2D eigenvalue weighted by Crippen LogP contribution is -2.42. The van der Waals surface area contributed by atoms with Crippen LogP contribution in [0.5, 0.6) is 11.5 Å². The standard InChI is InChI=1S/C35H39NO4/c1-2-3-19-32(35(37)38)36(25-29-13-7-4-8-14-29)23-22-28-20-21-33(39-26-30-15-9-5-10-16-30)34(24-28)40-27-31-17-11-6-12-18-31/h4-18,20-21,24,32H,2-3,19,22-23,25-27H2,1H3,(H,37,38). The molecule has 5 heteroatoms. The number of ether oxygens (including phenoxy) is 2. The maximum atomic E-state index is 12.3. The van der Waals surface area contributed by atoms with E-state index >= 15 is 0 Å². The van der Waals surface area contributed by atoms with Gasteiger partial charge in [0.25, 0.3) is 0 Å². The van der Waals surface area contributed by atoms with Crippen molar-refractivity contribution in [2.75, 3.05) is 6.54 Å². The van der Waals surface area contributed by atoms with Crippen molar-refractivity contribution in [1.82, 2.24) is 4.90 Å². The molecule has 40 heavy (non-hydrogen) atoms. The molecule has 0 heterocycles. The third-order valence-electron chi connectivity index (χ3n) is 6.96. The van der Waals surface area contributed by atoms with E-state index in [1.54, 1.807) is 0 Å². The van der Waals surface area contributed by atoms with Crippen LogP contribution in [0.3, 0.4) is 0 Å². The molecule has 208 valence electrons. The smallest absolute Gasteiger partial charge is 0.320 e. The molecule has 0 radical (unpaired) electrons. The predicted molar refractivity (Wildman–Crippen MR) is 159 cm³/mol. The maximum Gasteiger partial charge on any atom is 0.320 e. The van der Waals surface area contributed by atoms with Crippen LogP contribution in [0.4, 0.5) is 0 Å². The molecule has 0 fully saturated rings. The van der Waals surface area contributed by atoms with Crippen molar-refractivity contribution in [3.63, 3.8) is 0 Å². The van der Waals surface area contributed by atoms with E-state index in [9.17, 15) is 9.90 Å². The molecule has 0 aliphatic carbocycles. The van der Waals surface area contributed by atoms with Crippen LogP contribution in [0.2, 0.25) is 0 Å². The van der Waals surface area contributed by atoms with E-state index in [1.807, 2.05) is 91.0 Å². The fourth-order valence-corrected chi connectivity index (χ4v) is 4.71. The Labute approximate surface area is 238 Å². The second-order valence-electron chi connectivity index (χ2n) is 10.0. The lowest BCUT2D eigenvalue weighted by atomic mass is 10.0. The van der Waals surface area contributed by atoms with Crippen molar-refractivity contribution in [3.8, 4) is 11.5 Å². The van der Waals surface area contributed by atoms with E-state index in [4.69, 9.17) is 9.47 Å². The van der Waals surface area contributed by atoms with Gasteiger partial charge in [0, 0.05) is 13.1 Å². The van der Waals surface area contributed by atoms with E-state index in [0.717, 1.165) is 35.1 Å². The molecular formula is C35H39NO4. The minimum atomic E-state index is -0.763. The van der Waals surface area contributed by atoms with E-state index < -0.39 is 12.0 Å². The molecule has 0 saturated heterocycles. The zero-order chi connectivity index (χ0) is 28.0. The van der Waals surface area contributed by atoms with Crippen molar-refractivity contribution < 1.29 is 19.4 Å². The SMILES string of the molecule is CCCCC(C(=O)O)N(CCc1ccc(OCc2ccccc2)c(OCc2ccccc2)c1)Cc1ccccc1. The van der Waals surface area contributed by atoms with Gasteiger partial charge in [-0.2, -0.15) is 0 Å². The molecule has 1 atom stereocenters. The number of hydrogen-bond donors (Lipinski definition) is 1. The summed E-state index contributed by atoms with van der Waals surface area (Å²) in [6.45, 7) is 4.20. The molecule has 0 aliphatic rings. The lowest BCUT2D eigenvalue weighted by Gasteiger charge is -2.29. The first kappa shape index (κ1) is 28.9. The van der Waals surface area contributed by atoms with Gasteiger partial charge in [0.15, 0.2) is 11.5 Å². The van der Waals surface area contributed by atoms with Crippen molar-refractivity contribution in [1.29, 1.82) is 0 Å². The summed E-state index contributed by atoms with van der Waals surface area (Å²) in [5.74, 6) is 0.615. The summed E-state index contributed by atoms with van der Waals surface area (Å²) in [6.07, 6.45) is 3.18. The van der Waals surface area contributed by atoms with Crippen LogP contribution in [0.25, 0.3) is 0 Å². The first-order chi connectivity index (χ1) is 19.6. The molecule has 4 rings (SSSR count). The van der Waals surface area contributed by atoms with Crippen LogP contribution in [0.15, 0.2) is 109 Å². The van der Waals surface area contributed by atoms with Gasteiger partial charge in [0.2, 0.25) is 0 Å². The third kappa shape index (κ3) is 8.99. The number of hydrogen-bond acceptors (Lipinski definition) is 4. The summed E-state index contributed by atoms with van der Waals surface area (Å²) in [6, 6.07) is 35.8. The Kier molecular flexibility index (Phi) is 11.2. The highest BCUT2D eigenvalue weighted by atomic mass is 16.5. The molecule has 0 aliphatic heterocycles. The zero-order valence-electron chi connectivity index (χ0n) is 23.2. The van der Waals surface area contributed by atoms with Crippen LogP contribution in [-0.4, -0.2) is 28.6 Å². The quantitative estimate of drug-likeness (QED) is 0.160. The molecule has 4 aromatic rings. The number of carbonyl (C=O) groups is 1. The van der Waals surface area contributed by atoms with Crippen LogP contribution in [0, 0.1) is 0 Å². The van der Waals surface area contributed by atoms with Gasteiger partial charge in [-0.3, -0.25) is 9.69 Å². The number of nitrogens with zero attached hydrogens (tertiary/aromatic N) is 1. The highest BCUT2D eigenvalue weighted by Crippen LogP contribution is 2.31. The van der Waals surface area contributed by atoms with Gasteiger partial charge in [-0.25, -0.2) is 0 Å². The summed E-state index contributed by atoms with van der Waals surface area (Å²) in [4.78, 5) is 14.4. The van der Waals surface area contributed by atoms with Crippen molar-refractivity contribution in [2.24, 2.45) is 0 Å². The maximum absolute atomic E-state index is 12.3. The Morgan fingerprint density at radius 3 is 1.82 bits per heavy atom. The molecule has 1 unspecified atom stereocenters. The van der Waals surface area contributed by atoms with Gasteiger partial charge in [0.1, 0.15) is 19.3 Å². The predicted octanol–water partition coefficient (Wildman–Crippen LogP) is 7.53. The van der Waals surface area contributed by atoms with Gasteiger partial charge in [0.05, 0.1) is 0 Å². The van der Waals surface area contributed by atoms with Crippen molar-refractivity contribution in [2.45, 2.75) is 58.4 Å². The van der Waals surface area contributed by atoms with E-state index in [-0.39, 0.29) is 0 Å². The Balaban J connectivity index is 1.51. The Bertz CT molecular complexity index is 1300. The van der Waals surface area contributed by atoms with Crippen LogP contribution >= 0.6 is 0 Å². The topological polar surface area (TPSA) is 59.0 Å². The first-order valence-electron chi connectivity index (χ1n) is 14.1. The zero-order valence-corrected chi connectivity index (χ0v) is 23.2. The molecule has 0 saturated carbocycles. The second kappa shape index (κ2) is 15.5. The largest absolute Gasteiger partial charge is 0.485 e. The molecule has 0 bridgehead atoms. The molecule has 5 nitrogen and oxygen atoms in total. The average molecular weight is 538 g/mol. The summed E-state index contributed by atoms with van der Waals surface area (Å²) in [5.41, 5.74) is 4.36. The normalized spacial score (nSPS) is 11.8. The lowest BCUT2D eigenvalue weighted by molar-refractivity contribution is -0.143. The minimum Gasteiger partial charge on any atom is -0.485 e. The molecule has 0 aromatic heterocycles. The molecule has 4 aromatic carbocycles. The molecule has 0 amide bonds. The third-order valence-corrected chi connectivity index (χ3v) is 6.96. The van der Waals surface area contributed by atoms with E-state index in [2.05, 4.69) is 30.0 Å². The summed E-state index contributed by atoms with van der Waals surface area (Å²) in [5, 5.41) is 10.1. The Morgan fingerprint density at radius 1 is 0.725 bits per heavy atom. The number of rotatable bonds is 16. The van der Waals surface area contributed by atoms with Crippen molar-refractivity contribution in [3.05, 3.63) is 131 Å². The number of aliphatic carboxylic acids is 1. The van der Waals surface area contributed by atoms with E-state index in [1.165, 1.54) is 0 Å². The first-order valence-corrected chi connectivity index (χ1v) is 14.1. The number of benzene rings is 4. The molecular weight excluding hydrogens is 498 g/mol. The van der Waals surface area contributed by atoms with Gasteiger partial charge < -0.3 is 14.6 Å². The van der Waals surface area contributed by atoms with Crippen LogP contribution in [-0.2, 0) is 31.0 Å². The van der Waals surface area contributed by atoms with Crippen LogP contribution in [0.1, 0.15) is 48.4 Å². The van der Waals surface area contributed by atoms with E-state index in [0.29, 0.717) is 50.6 Å². The Hall–Kier alpha value is -4.09. The number of carboxylic acid groups (broad SMARTS) is 1. The fraction of sp³-hybridized carbons (Fsp3) is 0.286. The Morgan fingerprint density at radius 2 is 1.27 bits per heavy atom. The van der Waals surface area contributed by atoms with Gasteiger partial charge in [-0.1, -0.05) is 117 Å². The molecule has 1 N–H and O–H groups in total. The second-order valence-corrected chi connectivity index (χ2v) is 10.0. The van der Waals surface area contributed by atoms with Gasteiger partial charge in [-0.15, -0.1) is 0 Å². The molecule has 0 spiro atoms. The van der Waals surface area contributed by atoms with Gasteiger partial charge in [-0.05, 0) is 47.2 Å². The monoisotopic (exact) mass is 537 g/mol. The minimum absolute atomic E-state index is 0.435. The highest BCUT2D eigenvalue weighted by Gasteiger charge is 2.25. The average Bonchev–Trinajstić information content (AvgIpc) is 2.99. The van der Waals surface area contributed by atoms with Gasteiger partial charge >= 0.3 is 5.97 Å². The van der Waals surface area contributed by atoms with Crippen molar-refractivity contribution >= 4 is 5.97 Å². The summed E-state index contributed by atoms with van der Waals surface area (Å²) >= 11 is 0. The highest BCUT2D eigenvalue weighted by molar-refractivity contribution is 5.73. The number of carboxylic acids is 1. The summed E-state index contributed by atoms with van der Waals surface area (Å²) in [7, 11) is 0. The fourth-order valence-electron chi connectivity index (χ4n) is 4.71. The van der Waals surface area contributed by atoms with Crippen LogP contribution < -0.4 is 9.47 Å². The number of unbranched alkanes of at least 4 members (excludes halogenated alkanes) is 1.